The molecule has 0 radical (unpaired) electrons. The first kappa shape index (κ1) is 22.5. The summed E-state index contributed by atoms with van der Waals surface area (Å²) in [4.78, 5) is 15.6. The number of hydrogen-bond acceptors (Lipinski definition) is 5. The number of carbonyl (C=O) groups is 1. The summed E-state index contributed by atoms with van der Waals surface area (Å²) in [6, 6.07) is 8.33. The zero-order valence-corrected chi connectivity index (χ0v) is 20.6. The molecule has 2 saturated carbocycles. The van der Waals surface area contributed by atoms with E-state index in [0.29, 0.717) is 31.1 Å². The van der Waals surface area contributed by atoms with E-state index in [9.17, 15) is 15.0 Å². The van der Waals surface area contributed by atoms with Crippen LogP contribution in [-0.2, 0) is 26.1 Å². The minimum absolute atomic E-state index is 0.172. The van der Waals surface area contributed by atoms with Crippen molar-refractivity contribution in [3.8, 4) is 0 Å². The monoisotopic (exact) mass is 465 g/mol. The van der Waals surface area contributed by atoms with Gasteiger partial charge in [-0.3, -0.25) is 4.79 Å². The minimum atomic E-state index is -1.68. The summed E-state index contributed by atoms with van der Waals surface area (Å²) in [6.07, 6.45) is 3.18. The molecule has 3 N–H and O–H groups in total. The van der Waals surface area contributed by atoms with Crippen LogP contribution in [0.2, 0.25) is 0 Å². The third kappa shape index (κ3) is 2.33. The van der Waals surface area contributed by atoms with E-state index in [2.05, 4.69) is 37.0 Å². The maximum atomic E-state index is 12.7. The van der Waals surface area contributed by atoms with Crippen LogP contribution in [0, 0.1) is 11.3 Å². The third-order valence-electron chi connectivity index (χ3n) is 10.4. The lowest BCUT2D eigenvalue weighted by molar-refractivity contribution is -0.272. The molecule has 6 rings (SSSR count). The fourth-order valence-corrected chi connectivity index (χ4v) is 8.04. The van der Waals surface area contributed by atoms with Crippen LogP contribution in [0.3, 0.4) is 0 Å². The molecule has 1 aliphatic heterocycles. The number of aromatic nitrogens is 1. The van der Waals surface area contributed by atoms with Crippen LogP contribution in [0.25, 0.3) is 10.9 Å². The number of fused-ring (bicyclic) bond motifs is 7. The number of H-pyrrole nitrogens is 1. The van der Waals surface area contributed by atoms with Crippen LogP contribution in [0.15, 0.2) is 35.9 Å². The Morgan fingerprint density at radius 1 is 1.15 bits per heavy atom. The summed E-state index contributed by atoms with van der Waals surface area (Å²) in [5, 5.41) is 25.5. The van der Waals surface area contributed by atoms with Gasteiger partial charge in [0.05, 0.1) is 17.8 Å². The van der Waals surface area contributed by atoms with Crippen LogP contribution >= 0.6 is 0 Å². The van der Waals surface area contributed by atoms with E-state index in [0.717, 1.165) is 17.6 Å². The van der Waals surface area contributed by atoms with E-state index in [-0.39, 0.29) is 12.0 Å². The fourth-order valence-electron chi connectivity index (χ4n) is 8.04. The predicted molar refractivity (Wildman–Crippen MR) is 128 cm³/mol. The number of aromatic amines is 1. The lowest BCUT2D eigenvalue weighted by Crippen LogP contribution is -2.74. The molecule has 4 aliphatic rings. The Kier molecular flexibility index (Phi) is 4.37. The molecule has 3 fully saturated rings. The van der Waals surface area contributed by atoms with Crippen molar-refractivity contribution in [2.45, 2.75) is 94.9 Å². The van der Waals surface area contributed by atoms with Crippen molar-refractivity contribution >= 4 is 17.2 Å². The normalized spacial score (nSPS) is 46.0. The summed E-state index contributed by atoms with van der Waals surface area (Å²) >= 11 is 0. The molecule has 2 heterocycles. The highest BCUT2D eigenvalue weighted by molar-refractivity contribution is 5.86. The Balaban J connectivity index is 1.57. The molecular weight excluding hydrogens is 430 g/mol. The average molecular weight is 466 g/mol. The molecule has 2 aromatic rings. The number of carbonyl (C=O) groups excluding carboxylic acids is 1. The number of allylic oxidation sites excluding steroid dienone is 1. The summed E-state index contributed by atoms with van der Waals surface area (Å²) in [5.41, 5.74) is 0.430. The molecule has 2 unspecified atom stereocenters. The summed E-state index contributed by atoms with van der Waals surface area (Å²) in [6.45, 7) is 10.2. The number of hydrogen-bond donors (Lipinski definition) is 3. The van der Waals surface area contributed by atoms with E-state index in [1.54, 1.807) is 0 Å². The van der Waals surface area contributed by atoms with Crippen LogP contribution in [-0.4, -0.2) is 50.7 Å². The molecular formula is C28H35NO5. The van der Waals surface area contributed by atoms with Gasteiger partial charge in [0.25, 0.3) is 0 Å². The summed E-state index contributed by atoms with van der Waals surface area (Å²) < 4.78 is 12.9. The second kappa shape index (κ2) is 6.61. The number of nitrogens with one attached hydrogen (secondary N) is 1. The number of aldehydes is 1. The maximum Gasteiger partial charge on any atom is 0.195 e. The van der Waals surface area contributed by atoms with Gasteiger partial charge in [0.15, 0.2) is 5.79 Å². The zero-order chi connectivity index (χ0) is 24.3. The molecule has 1 aromatic heterocycles. The smallest absolute Gasteiger partial charge is 0.195 e. The predicted octanol–water partition coefficient (Wildman–Crippen LogP) is 3.93. The Bertz CT molecular complexity index is 1230. The van der Waals surface area contributed by atoms with E-state index >= 15 is 0 Å². The highest BCUT2D eigenvalue weighted by Crippen LogP contribution is 2.71. The first-order valence-electron chi connectivity index (χ1n) is 12.5. The van der Waals surface area contributed by atoms with Gasteiger partial charge in [0.1, 0.15) is 11.9 Å². The van der Waals surface area contributed by atoms with Crippen molar-refractivity contribution in [2.24, 2.45) is 11.3 Å². The molecule has 0 bridgehead atoms. The number of benzene rings is 1. The number of aliphatic hydroxyl groups excluding tert-OH is 1. The largest absolute Gasteiger partial charge is 0.390 e. The molecule has 1 saturated heterocycles. The number of rotatable bonds is 1. The molecule has 1 spiro atoms. The lowest BCUT2D eigenvalue weighted by atomic mass is 9.41. The topological polar surface area (TPSA) is 91.8 Å². The SMILES string of the molecule is CC1O[C@@]2(CCC3(C)[C@@]4(C)c5[nH]c6ccccc6c5C[C@@H]4C[C@H](O)[C@@]3(O)/C2=C/C=O)OC1(C)C. The van der Waals surface area contributed by atoms with Gasteiger partial charge in [0, 0.05) is 39.4 Å². The van der Waals surface area contributed by atoms with Gasteiger partial charge in [-0.15, -0.1) is 0 Å². The maximum absolute atomic E-state index is 12.7. The van der Waals surface area contributed by atoms with Gasteiger partial charge in [-0.05, 0) is 63.7 Å². The first-order chi connectivity index (χ1) is 15.9. The Labute approximate surface area is 200 Å². The van der Waals surface area contributed by atoms with E-state index in [4.69, 9.17) is 9.47 Å². The van der Waals surface area contributed by atoms with E-state index in [1.807, 2.05) is 26.8 Å². The average Bonchev–Trinajstić information content (AvgIpc) is 3.36. The van der Waals surface area contributed by atoms with Crippen molar-refractivity contribution in [1.82, 2.24) is 4.98 Å². The quantitative estimate of drug-likeness (QED) is 0.439. The Morgan fingerprint density at radius 3 is 2.56 bits per heavy atom. The van der Waals surface area contributed by atoms with Gasteiger partial charge in [0.2, 0.25) is 0 Å². The molecule has 6 nitrogen and oxygen atoms in total. The zero-order valence-electron chi connectivity index (χ0n) is 20.6. The van der Waals surface area contributed by atoms with Crippen molar-refractivity contribution in [1.29, 1.82) is 0 Å². The molecule has 3 aliphatic carbocycles. The molecule has 0 amide bonds. The Hall–Kier alpha value is -1.99. The summed E-state index contributed by atoms with van der Waals surface area (Å²) in [5.74, 6) is -1.06. The molecule has 182 valence electrons. The van der Waals surface area contributed by atoms with Crippen LogP contribution < -0.4 is 0 Å². The van der Waals surface area contributed by atoms with Gasteiger partial charge in [-0.1, -0.05) is 32.0 Å². The second-order valence-electron chi connectivity index (χ2n) is 11.9. The molecule has 6 heteroatoms. The highest BCUT2D eigenvalue weighted by Gasteiger charge is 2.76. The number of aliphatic hydroxyl groups is 2. The third-order valence-corrected chi connectivity index (χ3v) is 10.4. The van der Waals surface area contributed by atoms with Gasteiger partial charge in [-0.2, -0.15) is 0 Å². The fraction of sp³-hybridized carbons (Fsp3) is 0.607. The molecule has 1 aromatic carbocycles. The molecule has 7 atom stereocenters. The van der Waals surface area contributed by atoms with Crippen LogP contribution in [0.4, 0.5) is 0 Å². The standard InChI is InChI=1S/C28H35NO5/c1-16-24(2,3)34-27(33-16)12-11-25(4)26(5)17(15-22(31)28(25,32)21(27)10-13-30)14-19-18-8-6-7-9-20(18)29-23(19)26/h6-10,13,16-17,22,29,31-32H,11-12,14-15H2,1-5H3/b21-10+/t16?,17-,22+,25?,26-,27+,28+/m1/s1. The van der Waals surface area contributed by atoms with Crippen molar-refractivity contribution in [2.75, 3.05) is 0 Å². The van der Waals surface area contributed by atoms with Gasteiger partial charge < -0.3 is 24.7 Å². The van der Waals surface area contributed by atoms with Crippen molar-refractivity contribution in [3.63, 3.8) is 0 Å². The highest BCUT2D eigenvalue weighted by atomic mass is 16.8. The lowest BCUT2D eigenvalue weighted by Gasteiger charge is -2.66. The van der Waals surface area contributed by atoms with Crippen molar-refractivity contribution < 1.29 is 24.5 Å². The minimum Gasteiger partial charge on any atom is -0.390 e. The first-order valence-corrected chi connectivity index (χ1v) is 12.5. The van der Waals surface area contributed by atoms with E-state index < -0.39 is 33.9 Å². The van der Waals surface area contributed by atoms with E-state index in [1.165, 1.54) is 17.0 Å². The number of ether oxygens (including phenoxy) is 2. The van der Waals surface area contributed by atoms with Crippen LogP contribution in [0.1, 0.15) is 65.1 Å². The summed E-state index contributed by atoms with van der Waals surface area (Å²) in [7, 11) is 0. The van der Waals surface area contributed by atoms with Gasteiger partial charge in [-0.25, -0.2) is 0 Å². The second-order valence-corrected chi connectivity index (χ2v) is 11.9. The molecule has 34 heavy (non-hydrogen) atoms. The van der Waals surface area contributed by atoms with Crippen molar-refractivity contribution in [3.05, 3.63) is 47.2 Å². The van der Waals surface area contributed by atoms with Gasteiger partial charge >= 0.3 is 0 Å². The van der Waals surface area contributed by atoms with Crippen LogP contribution in [0.5, 0.6) is 0 Å². The number of para-hydroxylation sites is 1. The Morgan fingerprint density at radius 2 is 1.88 bits per heavy atom.